The van der Waals surface area contributed by atoms with Crippen LogP contribution < -0.4 is 9.50 Å². The Bertz CT molecular complexity index is 959. The minimum absolute atomic E-state index is 0.104. The molecule has 3 rings (SSSR count). The van der Waals surface area contributed by atoms with E-state index in [9.17, 15) is 8.42 Å². The van der Waals surface area contributed by atoms with E-state index >= 15 is 0 Å². The van der Waals surface area contributed by atoms with Gasteiger partial charge in [-0.3, -0.25) is 0 Å². The van der Waals surface area contributed by atoms with E-state index in [0.29, 0.717) is 21.0 Å². The average Bonchev–Trinajstić information content (AvgIpc) is 3.02. The van der Waals surface area contributed by atoms with Crippen LogP contribution in [0.1, 0.15) is 5.56 Å². The molecule has 0 atom stereocenters. The van der Waals surface area contributed by atoms with Gasteiger partial charge in [0, 0.05) is 11.4 Å². The van der Waals surface area contributed by atoms with Crippen molar-refractivity contribution >= 4 is 44.0 Å². The van der Waals surface area contributed by atoms with Crippen LogP contribution in [0.2, 0.25) is 0 Å². The molecule has 1 N–H and O–H groups in total. The maximum absolute atomic E-state index is 12.0. The number of thioether (sulfide) groups is 1. The second-order valence-electron chi connectivity index (χ2n) is 5.37. The van der Waals surface area contributed by atoms with Crippen LogP contribution in [0.4, 0.5) is 10.8 Å². The molecule has 0 spiro atoms. The maximum atomic E-state index is 12.0. The first-order valence-corrected chi connectivity index (χ1v) is 11.2. The molecule has 0 amide bonds. The van der Waals surface area contributed by atoms with Crippen molar-refractivity contribution in [3.05, 3.63) is 60.2 Å². The van der Waals surface area contributed by atoms with Gasteiger partial charge in [0.2, 0.25) is 5.13 Å². The number of para-hydroxylation sites is 1. The molecule has 0 fully saturated rings. The zero-order valence-corrected chi connectivity index (χ0v) is 16.4. The normalized spacial score (nSPS) is 11.3. The molecular formula is C17H17N3O3S3. The molecule has 1 aromatic heterocycles. The van der Waals surface area contributed by atoms with E-state index in [4.69, 9.17) is 4.18 Å². The summed E-state index contributed by atoms with van der Waals surface area (Å²) in [6.07, 6.45) is 0. The predicted octanol–water partition coefficient (Wildman–Crippen LogP) is 4.09. The summed E-state index contributed by atoms with van der Waals surface area (Å²) in [7, 11) is -3.63. The summed E-state index contributed by atoms with van der Waals surface area (Å²) in [4.78, 5) is 0. The van der Waals surface area contributed by atoms with Gasteiger partial charge in [-0.25, -0.2) is 0 Å². The molecule has 26 heavy (non-hydrogen) atoms. The quantitative estimate of drug-likeness (QED) is 0.445. The number of aryl methyl sites for hydroxylation is 1. The molecule has 0 aliphatic rings. The number of nitrogens with zero attached hydrogens (tertiary/aromatic N) is 2. The molecule has 136 valence electrons. The van der Waals surface area contributed by atoms with Crippen LogP contribution in [0.5, 0.6) is 5.75 Å². The Morgan fingerprint density at radius 2 is 1.92 bits per heavy atom. The zero-order chi connectivity index (χ0) is 18.4. The molecule has 0 aliphatic heterocycles. The zero-order valence-electron chi connectivity index (χ0n) is 14.0. The number of anilines is 2. The summed E-state index contributed by atoms with van der Waals surface area (Å²) in [5.41, 5.74) is 2.09. The van der Waals surface area contributed by atoms with Gasteiger partial charge in [0.25, 0.3) is 0 Å². The Kier molecular flexibility index (Phi) is 6.12. The standard InChI is InChI=1S/C17H17N3O3S3/c1-13-6-5-7-14(12-13)18-16-19-20-17(25-16)24-10-11-26(21,22)23-15-8-3-2-4-9-15/h2-9,12H,10-11H2,1H3,(H,18,19). The van der Waals surface area contributed by atoms with Crippen LogP contribution >= 0.6 is 23.1 Å². The Hall–Kier alpha value is -2.10. The van der Waals surface area contributed by atoms with E-state index in [1.807, 2.05) is 31.2 Å². The fraction of sp³-hybridized carbons (Fsp3) is 0.176. The van der Waals surface area contributed by atoms with Crippen LogP contribution in [0, 0.1) is 6.92 Å². The van der Waals surface area contributed by atoms with Crippen LogP contribution in [-0.2, 0) is 10.1 Å². The summed E-state index contributed by atoms with van der Waals surface area (Å²) < 4.78 is 29.7. The molecule has 0 unspecified atom stereocenters. The number of benzene rings is 2. The summed E-state index contributed by atoms with van der Waals surface area (Å²) in [6.45, 7) is 2.02. The summed E-state index contributed by atoms with van der Waals surface area (Å²) in [5, 5.41) is 12.0. The second kappa shape index (κ2) is 8.52. The molecule has 0 bridgehead atoms. The van der Waals surface area contributed by atoms with E-state index in [2.05, 4.69) is 15.5 Å². The van der Waals surface area contributed by atoms with Crippen molar-refractivity contribution < 1.29 is 12.6 Å². The van der Waals surface area contributed by atoms with Crippen LogP contribution in [-0.4, -0.2) is 30.1 Å². The predicted molar refractivity (Wildman–Crippen MR) is 106 cm³/mol. The van der Waals surface area contributed by atoms with Gasteiger partial charge in [-0.05, 0) is 36.8 Å². The number of aromatic nitrogens is 2. The topological polar surface area (TPSA) is 81.2 Å². The molecule has 2 aromatic carbocycles. The van der Waals surface area contributed by atoms with Crippen LogP contribution in [0.15, 0.2) is 58.9 Å². The monoisotopic (exact) mass is 407 g/mol. The van der Waals surface area contributed by atoms with Crippen molar-refractivity contribution in [1.29, 1.82) is 0 Å². The third-order valence-electron chi connectivity index (χ3n) is 3.20. The lowest BCUT2D eigenvalue weighted by atomic mass is 10.2. The molecule has 0 saturated carbocycles. The Labute approximate surface area is 160 Å². The lowest BCUT2D eigenvalue weighted by Gasteiger charge is -2.05. The van der Waals surface area contributed by atoms with Gasteiger partial charge in [-0.2, -0.15) is 8.42 Å². The first-order valence-electron chi connectivity index (χ1n) is 7.77. The van der Waals surface area contributed by atoms with Gasteiger partial charge in [0.05, 0.1) is 5.75 Å². The maximum Gasteiger partial charge on any atom is 0.310 e. The Morgan fingerprint density at radius 1 is 1.12 bits per heavy atom. The molecule has 1 heterocycles. The smallest absolute Gasteiger partial charge is 0.310 e. The van der Waals surface area contributed by atoms with Crippen molar-refractivity contribution in [2.45, 2.75) is 11.3 Å². The average molecular weight is 408 g/mol. The van der Waals surface area contributed by atoms with Crippen molar-refractivity contribution in [2.75, 3.05) is 16.8 Å². The first kappa shape index (κ1) is 18.7. The summed E-state index contributed by atoms with van der Waals surface area (Å²) in [5.74, 6) is 0.555. The van der Waals surface area contributed by atoms with E-state index in [0.717, 1.165) is 11.3 Å². The van der Waals surface area contributed by atoms with Crippen molar-refractivity contribution in [1.82, 2.24) is 10.2 Å². The molecule has 6 nitrogen and oxygen atoms in total. The second-order valence-corrected chi connectivity index (χ2v) is 9.38. The van der Waals surface area contributed by atoms with Crippen molar-refractivity contribution in [3.63, 3.8) is 0 Å². The van der Waals surface area contributed by atoms with E-state index < -0.39 is 10.1 Å². The minimum atomic E-state index is -3.63. The van der Waals surface area contributed by atoms with E-state index in [1.54, 1.807) is 30.3 Å². The lowest BCUT2D eigenvalue weighted by molar-refractivity contribution is 0.488. The summed E-state index contributed by atoms with van der Waals surface area (Å²) >= 11 is 2.72. The lowest BCUT2D eigenvalue weighted by Crippen LogP contribution is -2.15. The SMILES string of the molecule is Cc1cccc(Nc2nnc(SCCS(=O)(=O)Oc3ccccc3)s2)c1. The minimum Gasteiger partial charge on any atom is -0.382 e. The molecule has 0 saturated heterocycles. The molecule has 3 aromatic rings. The Morgan fingerprint density at radius 3 is 2.69 bits per heavy atom. The molecule has 0 aliphatic carbocycles. The Balaban J connectivity index is 1.50. The number of hydrogen-bond acceptors (Lipinski definition) is 8. The van der Waals surface area contributed by atoms with Crippen molar-refractivity contribution in [2.24, 2.45) is 0 Å². The van der Waals surface area contributed by atoms with Gasteiger partial charge in [-0.15, -0.1) is 10.2 Å². The van der Waals surface area contributed by atoms with E-state index in [-0.39, 0.29) is 5.75 Å². The number of hydrogen-bond donors (Lipinski definition) is 1. The highest BCUT2D eigenvalue weighted by atomic mass is 32.2. The highest BCUT2D eigenvalue weighted by molar-refractivity contribution is 8.01. The van der Waals surface area contributed by atoms with Gasteiger partial charge < -0.3 is 9.50 Å². The van der Waals surface area contributed by atoms with Crippen LogP contribution in [0.3, 0.4) is 0 Å². The molecule has 0 radical (unpaired) electrons. The fourth-order valence-electron chi connectivity index (χ4n) is 2.06. The molecular weight excluding hydrogens is 390 g/mol. The van der Waals surface area contributed by atoms with Crippen molar-refractivity contribution in [3.8, 4) is 5.75 Å². The van der Waals surface area contributed by atoms with Gasteiger partial charge in [-0.1, -0.05) is 53.4 Å². The fourth-order valence-corrected chi connectivity index (χ4v) is 5.19. The highest BCUT2D eigenvalue weighted by Gasteiger charge is 2.14. The highest BCUT2D eigenvalue weighted by Crippen LogP contribution is 2.28. The third-order valence-corrected chi connectivity index (χ3v) is 6.58. The van der Waals surface area contributed by atoms with E-state index in [1.165, 1.54) is 23.1 Å². The van der Waals surface area contributed by atoms with Gasteiger partial charge in [0.15, 0.2) is 4.34 Å². The van der Waals surface area contributed by atoms with Crippen LogP contribution in [0.25, 0.3) is 0 Å². The van der Waals surface area contributed by atoms with Gasteiger partial charge in [0.1, 0.15) is 5.75 Å². The summed E-state index contributed by atoms with van der Waals surface area (Å²) in [6, 6.07) is 16.4. The number of rotatable bonds is 8. The van der Waals surface area contributed by atoms with Gasteiger partial charge >= 0.3 is 10.1 Å². The largest absolute Gasteiger partial charge is 0.382 e. The third kappa shape index (κ3) is 5.72. The number of nitrogens with one attached hydrogen (secondary N) is 1. The molecule has 9 heteroatoms. The first-order chi connectivity index (χ1) is 12.5.